The zero-order chi connectivity index (χ0) is 17.5. The summed E-state index contributed by atoms with van der Waals surface area (Å²) in [6.45, 7) is 0.910. The molecule has 4 nitrogen and oxygen atoms in total. The Morgan fingerprint density at radius 2 is 1.72 bits per heavy atom. The summed E-state index contributed by atoms with van der Waals surface area (Å²) in [6.07, 6.45) is 2.48. The zero-order valence-electron chi connectivity index (χ0n) is 13.4. The van der Waals surface area contributed by atoms with E-state index in [1.165, 1.54) is 11.8 Å². The number of hydrogen-bond acceptors (Lipinski definition) is 5. The molecular weight excluding hydrogens is 354 g/mol. The Balaban J connectivity index is 1.55. The van der Waals surface area contributed by atoms with Crippen molar-refractivity contribution in [3.05, 3.63) is 71.1 Å². The monoisotopic (exact) mass is 371 g/mol. The minimum Gasteiger partial charge on any atom is -0.490 e. The van der Waals surface area contributed by atoms with Crippen LogP contribution in [0, 0.1) is 0 Å². The van der Waals surface area contributed by atoms with Gasteiger partial charge in [-0.3, -0.25) is 4.79 Å². The van der Waals surface area contributed by atoms with Crippen LogP contribution < -0.4 is 14.8 Å². The molecule has 0 atom stereocenters. The molecule has 1 fully saturated rings. The van der Waals surface area contributed by atoms with Gasteiger partial charge in [-0.15, -0.1) is 0 Å². The number of amides is 1. The Bertz CT molecular complexity index is 790. The van der Waals surface area contributed by atoms with E-state index in [2.05, 4.69) is 5.32 Å². The number of rotatable bonds is 7. The first-order valence-electron chi connectivity index (χ1n) is 7.84. The van der Waals surface area contributed by atoms with Gasteiger partial charge in [0.1, 0.15) is 29.0 Å². The molecule has 0 bridgehead atoms. The second-order valence-corrected chi connectivity index (χ2v) is 6.95. The zero-order valence-corrected chi connectivity index (χ0v) is 15.1. The molecule has 3 rings (SSSR count). The van der Waals surface area contributed by atoms with Crippen molar-refractivity contribution in [2.24, 2.45) is 0 Å². The molecule has 2 aromatic rings. The highest BCUT2D eigenvalue weighted by atomic mass is 32.2. The molecule has 6 heteroatoms. The Morgan fingerprint density at radius 3 is 2.48 bits per heavy atom. The first-order chi connectivity index (χ1) is 12.2. The summed E-state index contributed by atoms with van der Waals surface area (Å²) in [7, 11) is 0. The molecule has 0 spiro atoms. The SMILES string of the molecule is O=C1NC(=S)S/C1=C\Cc1ccccc1OCCOc1ccccc1. The van der Waals surface area contributed by atoms with Crippen LogP contribution >= 0.6 is 24.0 Å². The highest BCUT2D eigenvalue weighted by Gasteiger charge is 2.21. The lowest BCUT2D eigenvalue weighted by Gasteiger charge is -2.11. The van der Waals surface area contributed by atoms with Crippen LogP contribution in [0.4, 0.5) is 0 Å². The molecule has 1 aliphatic heterocycles. The smallest absolute Gasteiger partial charge is 0.263 e. The van der Waals surface area contributed by atoms with Crippen molar-refractivity contribution in [3.63, 3.8) is 0 Å². The third-order valence-electron chi connectivity index (χ3n) is 3.47. The Labute approximate surface area is 156 Å². The van der Waals surface area contributed by atoms with Crippen LogP contribution in [0.15, 0.2) is 65.6 Å². The summed E-state index contributed by atoms with van der Waals surface area (Å²) in [5.41, 5.74) is 1.01. The van der Waals surface area contributed by atoms with Gasteiger partial charge in [-0.2, -0.15) is 0 Å². The van der Waals surface area contributed by atoms with Crippen LogP contribution in [0.5, 0.6) is 11.5 Å². The van der Waals surface area contributed by atoms with Crippen LogP contribution in [0.2, 0.25) is 0 Å². The van der Waals surface area contributed by atoms with Gasteiger partial charge >= 0.3 is 0 Å². The van der Waals surface area contributed by atoms with Gasteiger partial charge in [0.25, 0.3) is 5.91 Å². The van der Waals surface area contributed by atoms with E-state index < -0.39 is 0 Å². The fourth-order valence-electron chi connectivity index (χ4n) is 2.30. The number of thioether (sulfide) groups is 1. The van der Waals surface area contributed by atoms with E-state index in [9.17, 15) is 4.79 Å². The number of hydrogen-bond donors (Lipinski definition) is 1. The molecular formula is C19H17NO3S2. The van der Waals surface area contributed by atoms with Crippen LogP contribution in [0.1, 0.15) is 5.56 Å². The lowest BCUT2D eigenvalue weighted by molar-refractivity contribution is -0.115. The highest BCUT2D eigenvalue weighted by molar-refractivity contribution is 8.26. The Hall–Kier alpha value is -2.31. The second-order valence-electron chi connectivity index (χ2n) is 5.23. The van der Waals surface area contributed by atoms with Crippen LogP contribution in [-0.2, 0) is 11.2 Å². The molecule has 1 aliphatic rings. The largest absolute Gasteiger partial charge is 0.490 e. The number of carbonyl (C=O) groups excluding carboxylic acids is 1. The van der Waals surface area contributed by atoms with E-state index >= 15 is 0 Å². The molecule has 1 saturated heterocycles. The lowest BCUT2D eigenvalue weighted by atomic mass is 10.1. The number of carbonyl (C=O) groups is 1. The fraction of sp³-hybridized carbons (Fsp3) is 0.158. The third kappa shape index (κ3) is 5.08. The molecule has 1 heterocycles. The van der Waals surface area contributed by atoms with E-state index in [1.807, 2.05) is 60.7 Å². The predicted octanol–water partition coefficient (Wildman–Crippen LogP) is 3.72. The summed E-state index contributed by atoms with van der Waals surface area (Å²) < 4.78 is 12.0. The van der Waals surface area contributed by atoms with Gasteiger partial charge < -0.3 is 14.8 Å². The normalized spacial score (nSPS) is 15.3. The molecule has 0 radical (unpaired) electrons. The summed E-state index contributed by atoms with van der Waals surface area (Å²) in [5.74, 6) is 1.48. The quantitative estimate of drug-likeness (QED) is 0.457. The van der Waals surface area contributed by atoms with E-state index in [0.29, 0.717) is 28.9 Å². The van der Waals surface area contributed by atoms with Crippen LogP contribution in [0.3, 0.4) is 0 Å². The number of benzene rings is 2. The van der Waals surface area contributed by atoms with Gasteiger partial charge in [-0.1, -0.05) is 66.5 Å². The summed E-state index contributed by atoms with van der Waals surface area (Å²) >= 11 is 6.28. The third-order valence-corrected chi connectivity index (χ3v) is 4.69. The first kappa shape index (κ1) is 17.5. The van der Waals surface area contributed by atoms with E-state index in [4.69, 9.17) is 21.7 Å². The van der Waals surface area contributed by atoms with Gasteiger partial charge in [0.15, 0.2) is 0 Å². The maximum absolute atomic E-state index is 11.7. The number of ether oxygens (including phenoxy) is 2. The van der Waals surface area contributed by atoms with Crippen molar-refractivity contribution >= 4 is 34.2 Å². The van der Waals surface area contributed by atoms with Crippen LogP contribution in [0.25, 0.3) is 0 Å². The number of para-hydroxylation sites is 2. The van der Waals surface area contributed by atoms with Gasteiger partial charge in [0.05, 0.1) is 4.91 Å². The highest BCUT2D eigenvalue weighted by Crippen LogP contribution is 2.26. The summed E-state index contributed by atoms with van der Waals surface area (Å²) in [6, 6.07) is 17.4. The van der Waals surface area contributed by atoms with Crippen molar-refractivity contribution < 1.29 is 14.3 Å². The molecule has 0 aromatic heterocycles. The summed E-state index contributed by atoms with van der Waals surface area (Å²) in [4.78, 5) is 12.3. The fourth-order valence-corrected chi connectivity index (χ4v) is 3.32. The molecule has 2 aromatic carbocycles. The number of allylic oxidation sites excluding steroid dienone is 1. The van der Waals surface area contributed by atoms with Gasteiger partial charge in [0, 0.05) is 0 Å². The minimum absolute atomic E-state index is 0.135. The number of thiocarbonyl (C=S) groups is 1. The molecule has 0 saturated carbocycles. The first-order valence-corrected chi connectivity index (χ1v) is 9.07. The topological polar surface area (TPSA) is 47.6 Å². The number of nitrogens with one attached hydrogen (secondary N) is 1. The Morgan fingerprint density at radius 1 is 1.00 bits per heavy atom. The Kier molecular flexibility index (Phi) is 6.09. The van der Waals surface area contributed by atoms with Gasteiger partial charge in [-0.25, -0.2) is 0 Å². The lowest BCUT2D eigenvalue weighted by Crippen LogP contribution is -2.17. The average Bonchev–Trinajstić information content (AvgIpc) is 2.96. The van der Waals surface area contributed by atoms with Crippen molar-refractivity contribution in [1.29, 1.82) is 0 Å². The average molecular weight is 371 g/mol. The molecule has 1 amide bonds. The maximum Gasteiger partial charge on any atom is 0.263 e. The van der Waals surface area contributed by atoms with Crippen LogP contribution in [-0.4, -0.2) is 23.4 Å². The minimum atomic E-state index is -0.135. The molecule has 1 N–H and O–H groups in total. The predicted molar refractivity (Wildman–Crippen MR) is 104 cm³/mol. The molecule has 0 aliphatic carbocycles. The molecule has 0 unspecified atom stereocenters. The van der Waals surface area contributed by atoms with Gasteiger partial charge in [-0.05, 0) is 30.2 Å². The molecule has 25 heavy (non-hydrogen) atoms. The maximum atomic E-state index is 11.7. The van der Waals surface area contributed by atoms with Gasteiger partial charge in [0.2, 0.25) is 0 Å². The van der Waals surface area contributed by atoms with Crippen molar-refractivity contribution in [1.82, 2.24) is 5.32 Å². The van der Waals surface area contributed by atoms with E-state index in [1.54, 1.807) is 0 Å². The standard InChI is InChI=1S/C19H17NO3S2/c21-18-17(25-19(24)20-18)11-10-14-6-4-5-9-16(14)23-13-12-22-15-7-2-1-3-8-15/h1-9,11H,10,12-13H2,(H,20,21,24)/b17-11-. The van der Waals surface area contributed by atoms with E-state index in [0.717, 1.165) is 17.1 Å². The van der Waals surface area contributed by atoms with Crippen molar-refractivity contribution in [3.8, 4) is 11.5 Å². The van der Waals surface area contributed by atoms with E-state index in [-0.39, 0.29) is 5.91 Å². The molecule has 128 valence electrons. The second kappa shape index (κ2) is 8.69. The van der Waals surface area contributed by atoms with Crippen molar-refractivity contribution in [2.75, 3.05) is 13.2 Å². The summed E-state index contributed by atoms with van der Waals surface area (Å²) in [5, 5.41) is 2.61. The van der Waals surface area contributed by atoms with Crippen molar-refractivity contribution in [2.45, 2.75) is 6.42 Å².